The fourth-order valence-electron chi connectivity index (χ4n) is 3.85. The van der Waals surface area contributed by atoms with Crippen LogP contribution in [0.25, 0.3) is 0 Å². The van der Waals surface area contributed by atoms with E-state index in [1.54, 1.807) is 18.2 Å². The number of ether oxygens (including phenoxy) is 1. The molecule has 2 aromatic heterocycles. The van der Waals surface area contributed by atoms with Crippen molar-refractivity contribution in [2.45, 2.75) is 25.7 Å². The minimum Gasteiger partial charge on any atom is -0.481 e. The van der Waals surface area contributed by atoms with Gasteiger partial charge in [0.2, 0.25) is 5.88 Å². The molecule has 0 bridgehead atoms. The van der Waals surface area contributed by atoms with Crippen LogP contribution in [0.15, 0.2) is 29.2 Å². The molecule has 1 fully saturated rings. The lowest BCUT2D eigenvalue weighted by atomic mass is 9.95. The zero-order valence-corrected chi connectivity index (χ0v) is 15.5. The molecule has 0 unspecified atom stereocenters. The summed E-state index contributed by atoms with van der Waals surface area (Å²) in [7, 11) is 1.59. The van der Waals surface area contributed by atoms with E-state index >= 15 is 0 Å². The molecule has 1 amide bonds. The summed E-state index contributed by atoms with van der Waals surface area (Å²) in [5.41, 5.74) is 3.14. The second-order valence-corrected chi connectivity index (χ2v) is 7.06. The van der Waals surface area contributed by atoms with Crippen molar-refractivity contribution >= 4 is 11.6 Å². The molecule has 27 heavy (non-hydrogen) atoms. The zero-order valence-electron chi connectivity index (χ0n) is 15.5. The van der Waals surface area contributed by atoms with Gasteiger partial charge in [-0.1, -0.05) is 0 Å². The standard InChI is InChI=1S/C20H24N4O3/c1-27-18-7-6-15(13-21-18)23-8-10-24(11-9-23)20(26)16-12-14-4-2-3-5-17(14)22-19(16)25/h6-7,12-13H,2-5,8-11H2,1H3,(H,22,25). The van der Waals surface area contributed by atoms with Crippen molar-refractivity contribution in [2.75, 3.05) is 38.2 Å². The minimum atomic E-state index is -0.262. The molecule has 0 spiro atoms. The maximum Gasteiger partial charge on any atom is 0.261 e. The quantitative estimate of drug-likeness (QED) is 0.891. The lowest BCUT2D eigenvalue weighted by molar-refractivity contribution is 0.0744. The van der Waals surface area contributed by atoms with E-state index in [0.29, 0.717) is 32.1 Å². The van der Waals surface area contributed by atoms with Crippen LogP contribution >= 0.6 is 0 Å². The Hall–Kier alpha value is -2.83. The number of pyridine rings is 2. The average Bonchev–Trinajstić information content (AvgIpc) is 2.73. The number of methoxy groups -OCH3 is 1. The fourth-order valence-corrected chi connectivity index (χ4v) is 3.85. The monoisotopic (exact) mass is 368 g/mol. The number of nitrogens with one attached hydrogen (secondary N) is 1. The van der Waals surface area contributed by atoms with Gasteiger partial charge in [0.1, 0.15) is 5.56 Å². The van der Waals surface area contributed by atoms with Crippen molar-refractivity contribution in [1.29, 1.82) is 0 Å². The summed E-state index contributed by atoms with van der Waals surface area (Å²) < 4.78 is 5.09. The number of H-pyrrole nitrogens is 1. The smallest absolute Gasteiger partial charge is 0.261 e. The molecular formula is C20H24N4O3. The largest absolute Gasteiger partial charge is 0.481 e. The molecule has 142 valence electrons. The number of fused-ring (bicyclic) bond motifs is 1. The first-order valence-electron chi connectivity index (χ1n) is 9.45. The van der Waals surface area contributed by atoms with Gasteiger partial charge in [0.15, 0.2) is 0 Å². The Balaban J connectivity index is 1.45. The van der Waals surface area contributed by atoms with Crippen LogP contribution in [0, 0.1) is 0 Å². The van der Waals surface area contributed by atoms with Gasteiger partial charge < -0.3 is 19.5 Å². The van der Waals surface area contributed by atoms with E-state index < -0.39 is 0 Å². The van der Waals surface area contributed by atoms with Crippen molar-refractivity contribution in [1.82, 2.24) is 14.9 Å². The van der Waals surface area contributed by atoms with Gasteiger partial charge in [-0.05, 0) is 43.4 Å². The molecule has 1 aliphatic carbocycles. The van der Waals surface area contributed by atoms with Gasteiger partial charge in [0, 0.05) is 37.9 Å². The highest BCUT2D eigenvalue weighted by atomic mass is 16.5. The average molecular weight is 368 g/mol. The number of aromatic nitrogens is 2. The molecule has 7 nitrogen and oxygen atoms in total. The number of hydrogen-bond acceptors (Lipinski definition) is 5. The SMILES string of the molecule is COc1ccc(N2CCN(C(=O)c3cc4c([nH]c3=O)CCCC4)CC2)cn1. The molecule has 4 rings (SSSR count). The summed E-state index contributed by atoms with van der Waals surface area (Å²) in [4.78, 5) is 36.4. The number of aryl methyl sites for hydroxylation is 2. The van der Waals surface area contributed by atoms with Crippen LogP contribution in [0.5, 0.6) is 5.88 Å². The van der Waals surface area contributed by atoms with Gasteiger partial charge in [-0.2, -0.15) is 0 Å². The summed E-state index contributed by atoms with van der Waals surface area (Å²) in [5.74, 6) is 0.413. The zero-order chi connectivity index (χ0) is 18.8. The highest BCUT2D eigenvalue weighted by molar-refractivity contribution is 5.94. The predicted molar refractivity (Wildman–Crippen MR) is 103 cm³/mol. The Morgan fingerprint density at radius 3 is 2.63 bits per heavy atom. The summed E-state index contributed by atoms with van der Waals surface area (Å²) >= 11 is 0. The second-order valence-electron chi connectivity index (χ2n) is 7.06. The first-order valence-corrected chi connectivity index (χ1v) is 9.45. The molecule has 0 aromatic carbocycles. The number of piperazine rings is 1. The van der Waals surface area contributed by atoms with E-state index in [0.717, 1.165) is 42.6 Å². The van der Waals surface area contributed by atoms with E-state index in [-0.39, 0.29) is 17.0 Å². The third-order valence-electron chi connectivity index (χ3n) is 5.43. The van der Waals surface area contributed by atoms with E-state index in [4.69, 9.17) is 4.74 Å². The van der Waals surface area contributed by atoms with E-state index in [9.17, 15) is 9.59 Å². The van der Waals surface area contributed by atoms with Crippen molar-refractivity contribution in [3.8, 4) is 5.88 Å². The van der Waals surface area contributed by atoms with Crippen molar-refractivity contribution in [3.63, 3.8) is 0 Å². The first-order chi connectivity index (χ1) is 13.2. The molecule has 0 radical (unpaired) electrons. The number of carbonyl (C=O) groups is 1. The number of rotatable bonds is 3. The van der Waals surface area contributed by atoms with Crippen LogP contribution in [0.4, 0.5) is 5.69 Å². The normalized spacial score (nSPS) is 16.8. The number of carbonyl (C=O) groups excluding carboxylic acids is 1. The number of aromatic amines is 1. The first kappa shape index (κ1) is 17.6. The highest BCUT2D eigenvalue weighted by Crippen LogP contribution is 2.21. The van der Waals surface area contributed by atoms with Gasteiger partial charge in [0.05, 0.1) is 19.0 Å². The van der Waals surface area contributed by atoms with Crippen molar-refractivity contribution in [3.05, 3.63) is 51.6 Å². The Labute approximate surface area is 158 Å². The molecule has 3 heterocycles. The van der Waals surface area contributed by atoms with Crippen LogP contribution in [0.1, 0.15) is 34.5 Å². The van der Waals surface area contributed by atoms with Crippen molar-refractivity contribution < 1.29 is 9.53 Å². The number of anilines is 1. The van der Waals surface area contributed by atoms with E-state index in [1.807, 2.05) is 18.2 Å². The molecule has 0 atom stereocenters. The Kier molecular flexibility index (Phi) is 4.83. The van der Waals surface area contributed by atoms with Gasteiger partial charge in [0.25, 0.3) is 11.5 Å². The maximum absolute atomic E-state index is 12.9. The third kappa shape index (κ3) is 3.54. The lowest BCUT2D eigenvalue weighted by Crippen LogP contribution is -2.49. The molecule has 7 heteroatoms. The second kappa shape index (κ2) is 7.42. The number of hydrogen-bond donors (Lipinski definition) is 1. The van der Waals surface area contributed by atoms with Crippen LogP contribution in [-0.2, 0) is 12.8 Å². The highest BCUT2D eigenvalue weighted by Gasteiger charge is 2.25. The Morgan fingerprint density at radius 1 is 1.15 bits per heavy atom. The maximum atomic E-state index is 12.9. The molecule has 1 aliphatic heterocycles. The lowest BCUT2D eigenvalue weighted by Gasteiger charge is -2.36. The van der Waals surface area contributed by atoms with E-state index in [2.05, 4.69) is 14.9 Å². The molecular weight excluding hydrogens is 344 g/mol. The van der Waals surface area contributed by atoms with Gasteiger partial charge in [-0.3, -0.25) is 9.59 Å². The van der Waals surface area contributed by atoms with Gasteiger partial charge >= 0.3 is 0 Å². The molecule has 2 aliphatic rings. The van der Waals surface area contributed by atoms with Crippen LogP contribution in [0.3, 0.4) is 0 Å². The summed E-state index contributed by atoms with van der Waals surface area (Å²) in [6.45, 7) is 2.59. The molecule has 1 N–H and O–H groups in total. The van der Waals surface area contributed by atoms with Crippen LogP contribution in [0.2, 0.25) is 0 Å². The van der Waals surface area contributed by atoms with E-state index in [1.165, 1.54) is 0 Å². The van der Waals surface area contributed by atoms with Gasteiger partial charge in [-0.25, -0.2) is 4.98 Å². The van der Waals surface area contributed by atoms with Crippen LogP contribution < -0.4 is 15.2 Å². The molecule has 2 aromatic rings. The Morgan fingerprint density at radius 2 is 1.93 bits per heavy atom. The molecule has 0 saturated carbocycles. The third-order valence-corrected chi connectivity index (χ3v) is 5.43. The molecule has 1 saturated heterocycles. The summed E-state index contributed by atoms with van der Waals surface area (Å²) in [6.07, 6.45) is 5.82. The number of amides is 1. The topological polar surface area (TPSA) is 78.5 Å². The minimum absolute atomic E-state index is 0.169. The van der Waals surface area contributed by atoms with Crippen molar-refractivity contribution in [2.24, 2.45) is 0 Å². The predicted octanol–water partition coefficient (Wildman–Crippen LogP) is 1.62. The van der Waals surface area contributed by atoms with Gasteiger partial charge in [-0.15, -0.1) is 0 Å². The van der Waals surface area contributed by atoms with Crippen LogP contribution in [-0.4, -0.2) is 54.1 Å². The summed E-state index contributed by atoms with van der Waals surface area (Å²) in [6, 6.07) is 5.62. The summed E-state index contributed by atoms with van der Waals surface area (Å²) in [5, 5.41) is 0. The fraction of sp³-hybridized carbons (Fsp3) is 0.450. The number of nitrogens with zero attached hydrogens (tertiary/aromatic N) is 3. The Bertz CT molecular complexity index is 883.